The third kappa shape index (κ3) is 3.71. The van der Waals surface area contributed by atoms with E-state index in [0.717, 1.165) is 27.5 Å². The molecule has 0 aliphatic heterocycles. The Hall–Kier alpha value is -0.780. The first kappa shape index (κ1) is 16.6. The van der Waals surface area contributed by atoms with Crippen LogP contribution in [0.4, 0.5) is 0 Å². The third-order valence-electron chi connectivity index (χ3n) is 3.09. The molecule has 1 aromatic heterocycles. The van der Waals surface area contributed by atoms with E-state index in [1.165, 1.54) is 0 Å². The summed E-state index contributed by atoms with van der Waals surface area (Å²) in [5.74, 6) is 0. The Labute approximate surface area is 136 Å². The molecule has 0 radical (unpaired) electrons. The van der Waals surface area contributed by atoms with Crippen molar-refractivity contribution in [2.24, 2.45) is 5.73 Å². The van der Waals surface area contributed by atoms with Crippen molar-refractivity contribution in [2.45, 2.75) is 22.9 Å². The van der Waals surface area contributed by atoms with Crippen LogP contribution in [0.15, 0.2) is 52.5 Å². The molecule has 0 aliphatic carbocycles. The average Bonchev–Trinajstić information content (AvgIpc) is 2.47. The molecule has 0 saturated carbocycles. The highest BCUT2D eigenvalue weighted by Gasteiger charge is 2.28. The molecule has 0 atom stereocenters. The third-order valence-corrected chi connectivity index (χ3v) is 6.99. The number of hydrogen-bond donors (Lipinski definition) is 1. The van der Waals surface area contributed by atoms with Crippen LogP contribution in [0.2, 0.25) is 0 Å². The maximum atomic E-state index is 6.81. The Bertz CT molecular complexity index is 617. The molecule has 0 saturated heterocycles. The number of nitrogens with zero attached hydrogens (tertiary/aromatic N) is 2. The Morgan fingerprint density at radius 1 is 1.10 bits per heavy atom. The van der Waals surface area contributed by atoms with Gasteiger partial charge in [0, 0.05) is 35.3 Å². The molecule has 2 aromatic rings. The summed E-state index contributed by atoms with van der Waals surface area (Å²) in [7, 11) is 15.5. The predicted molar refractivity (Wildman–Crippen MR) is 91.8 cm³/mol. The minimum absolute atomic E-state index is 0.368. The van der Waals surface area contributed by atoms with Crippen molar-refractivity contribution >= 4 is 29.8 Å². The second-order valence-corrected chi connectivity index (χ2v) is 10.1. The summed E-state index contributed by atoms with van der Waals surface area (Å²) < 4.78 is 0. The molecule has 2 rings (SSSR count). The molecule has 0 fully saturated rings. The lowest BCUT2D eigenvalue weighted by Gasteiger charge is -2.30. The first-order valence-electron chi connectivity index (χ1n) is 6.55. The average molecular weight is 344 g/mol. The second-order valence-electron chi connectivity index (χ2n) is 5.00. The van der Waals surface area contributed by atoms with Gasteiger partial charge in [-0.1, -0.05) is 18.2 Å². The fourth-order valence-corrected chi connectivity index (χ4v) is 5.61. The first-order chi connectivity index (χ1) is 9.96. The van der Waals surface area contributed by atoms with Gasteiger partial charge in [0.05, 0.1) is 0 Å². The van der Waals surface area contributed by atoms with Crippen molar-refractivity contribution in [3.63, 3.8) is 0 Å². The topological polar surface area (TPSA) is 42.2 Å². The summed E-state index contributed by atoms with van der Waals surface area (Å²) in [5, 5.41) is 0. The lowest BCUT2D eigenvalue weighted by Crippen LogP contribution is -2.12. The fourth-order valence-electron chi connectivity index (χ4n) is 2.16. The zero-order valence-corrected chi connectivity index (χ0v) is 14.4. The highest BCUT2D eigenvalue weighted by Crippen LogP contribution is 2.72. The van der Waals surface area contributed by atoms with Gasteiger partial charge >= 0.3 is 0 Å². The van der Waals surface area contributed by atoms with E-state index in [2.05, 4.69) is 16.0 Å². The van der Waals surface area contributed by atoms with Crippen LogP contribution in [0.5, 0.6) is 0 Å². The number of halogens is 2. The maximum absolute atomic E-state index is 6.81. The predicted octanol–water partition coefficient (Wildman–Crippen LogP) is 4.13. The molecule has 1 heterocycles. The van der Waals surface area contributed by atoms with Crippen molar-refractivity contribution in [2.75, 3.05) is 14.1 Å². The van der Waals surface area contributed by atoms with Gasteiger partial charge in [-0.15, -0.1) is 0 Å². The zero-order chi connectivity index (χ0) is 15.5. The zero-order valence-electron chi connectivity index (χ0n) is 12.1. The highest BCUT2D eigenvalue weighted by molar-refractivity contribution is 8.66. The normalized spacial score (nSPS) is 12.7. The Balaban J connectivity index is 2.53. The van der Waals surface area contributed by atoms with Crippen molar-refractivity contribution in [3.8, 4) is 0 Å². The van der Waals surface area contributed by atoms with Crippen molar-refractivity contribution in [1.82, 2.24) is 9.88 Å². The van der Waals surface area contributed by atoms with Gasteiger partial charge in [-0.3, -0.25) is 4.98 Å². The smallest absolute Gasteiger partial charge is 0.0324 e. The summed E-state index contributed by atoms with van der Waals surface area (Å²) in [6, 6.07) is 9.89. The minimum atomic E-state index is -2.16. The molecule has 0 aliphatic rings. The van der Waals surface area contributed by atoms with Crippen LogP contribution >= 0.6 is 29.8 Å². The fraction of sp³-hybridized carbons (Fsp3) is 0.267. The Morgan fingerprint density at radius 2 is 1.76 bits per heavy atom. The lowest BCUT2D eigenvalue weighted by atomic mass is 10.2. The molecule has 2 N–H and O–H groups in total. The van der Waals surface area contributed by atoms with Crippen LogP contribution < -0.4 is 5.73 Å². The molecule has 0 amide bonds. The van der Waals surface area contributed by atoms with Gasteiger partial charge in [-0.05, 0) is 67.2 Å². The Morgan fingerprint density at radius 3 is 2.43 bits per heavy atom. The van der Waals surface area contributed by atoms with Crippen LogP contribution in [0.1, 0.15) is 11.1 Å². The van der Waals surface area contributed by atoms with E-state index in [-0.39, 0.29) is 0 Å². The van der Waals surface area contributed by atoms with E-state index in [1.807, 2.05) is 38.4 Å². The lowest BCUT2D eigenvalue weighted by molar-refractivity contribution is 0.399. The molecule has 21 heavy (non-hydrogen) atoms. The van der Waals surface area contributed by atoms with E-state index in [4.69, 9.17) is 27.1 Å². The molecule has 0 spiro atoms. The molecule has 6 heteroatoms. The van der Waals surface area contributed by atoms with Crippen LogP contribution in [0.3, 0.4) is 0 Å². The summed E-state index contributed by atoms with van der Waals surface area (Å²) in [6.45, 7) is 1.15. The summed E-state index contributed by atoms with van der Waals surface area (Å²) in [4.78, 5) is 8.03. The number of nitrogens with two attached hydrogens (primary N) is 1. The van der Waals surface area contributed by atoms with Gasteiger partial charge in [0.2, 0.25) is 0 Å². The number of pyridine rings is 1. The maximum Gasteiger partial charge on any atom is 0.0324 e. The van der Waals surface area contributed by atoms with Gasteiger partial charge in [-0.25, -0.2) is 0 Å². The van der Waals surface area contributed by atoms with Crippen LogP contribution in [-0.4, -0.2) is 24.0 Å². The van der Waals surface area contributed by atoms with Crippen LogP contribution in [0.25, 0.3) is 0 Å². The van der Waals surface area contributed by atoms with E-state index in [0.29, 0.717) is 6.54 Å². The second kappa shape index (κ2) is 6.99. The largest absolute Gasteiger partial charge is 0.326 e. The van der Waals surface area contributed by atoms with Crippen LogP contribution in [-0.2, 0) is 13.1 Å². The highest BCUT2D eigenvalue weighted by atomic mass is 36.0. The van der Waals surface area contributed by atoms with Gasteiger partial charge in [0.25, 0.3) is 0 Å². The van der Waals surface area contributed by atoms with E-state index in [1.54, 1.807) is 12.4 Å². The number of hydrogen-bond acceptors (Lipinski definition) is 3. The molecule has 114 valence electrons. The van der Waals surface area contributed by atoms with E-state index in [9.17, 15) is 0 Å². The SMILES string of the molecule is CN(C)Cc1ccccc1S(Cl)(Cl)c1ccncc1CN. The Kier molecular flexibility index (Phi) is 5.52. The monoisotopic (exact) mass is 343 g/mol. The summed E-state index contributed by atoms with van der Waals surface area (Å²) >= 11 is 0. The number of rotatable bonds is 5. The molecule has 3 nitrogen and oxygen atoms in total. The van der Waals surface area contributed by atoms with Crippen molar-refractivity contribution < 1.29 is 0 Å². The standard InChI is InChI=1S/C15H19Cl2N3S/c1-20(2)11-12-5-3-4-6-14(12)21(16,17)15-7-8-19-10-13(15)9-18/h3-8,10H,9,11,18H2,1-2H3. The van der Waals surface area contributed by atoms with E-state index >= 15 is 0 Å². The summed E-state index contributed by atoms with van der Waals surface area (Å²) in [6.07, 6.45) is 3.44. The molecule has 0 unspecified atom stereocenters. The molecule has 1 aromatic carbocycles. The van der Waals surface area contributed by atoms with Gasteiger partial charge in [0.1, 0.15) is 0 Å². The number of benzene rings is 1. The van der Waals surface area contributed by atoms with Gasteiger partial charge in [-0.2, -0.15) is 0 Å². The van der Waals surface area contributed by atoms with Gasteiger partial charge < -0.3 is 10.6 Å². The molecule has 0 bridgehead atoms. The first-order valence-corrected chi connectivity index (χ1v) is 9.83. The van der Waals surface area contributed by atoms with E-state index < -0.39 is 8.46 Å². The molecular formula is C15H19Cl2N3S. The van der Waals surface area contributed by atoms with Crippen molar-refractivity contribution in [3.05, 3.63) is 53.9 Å². The quantitative estimate of drug-likeness (QED) is 0.887. The van der Waals surface area contributed by atoms with Crippen LogP contribution in [0, 0.1) is 0 Å². The number of aromatic nitrogens is 1. The van der Waals surface area contributed by atoms with Gasteiger partial charge in [0.15, 0.2) is 0 Å². The summed E-state index contributed by atoms with van der Waals surface area (Å²) in [5.41, 5.74) is 7.81. The minimum Gasteiger partial charge on any atom is -0.326 e. The van der Waals surface area contributed by atoms with Crippen molar-refractivity contribution in [1.29, 1.82) is 0 Å². The molecular weight excluding hydrogens is 325 g/mol.